The molecule has 0 bridgehead atoms. The molecule has 2 aromatic rings. The molecule has 2 N–H and O–H groups in total. The van der Waals surface area contributed by atoms with E-state index in [1.807, 2.05) is 30.9 Å². The van der Waals surface area contributed by atoms with Crippen molar-refractivity contribution >= 4 is 28.5 Å². The Balaban J connectivity index is 1.90. The molecular weight excluding hydrogens is 300 g/mol. The van der Waals surface area contributed by atoms with Gasteiger partial charge in [0.15, 0.2) is 5.76 Å². The second-order valence-electron chi connectivity index (χ2n) is 6.21. The zero-order valence-corrected chi connectivity index (χ0v) is 13.7. The smallest absolute Gasteiger partial charge is 0.289 e. The third-order valence-corrected chi connectivity index (χ3v) is 4.82. The van der Waals surface area contributed by atoms with Crippen LogP contribution in [0.2, 0.25) is 5.02 Å². The Kier molecular flexibility index (Phi) is 4.15. The minimum Gasteiger partial charge on any atom is -0.451 e. The highest BCUT2D eigenvalue weighted by molar-refractivity contribution is 6.31. The normalized spacial score (nSPS) is 20.4. The lowest BCUT2D eigenvalue weighted by molar-refractivity contribution is 0.0630. The van der Waals surface area contributed by atoms with Gasteiger partial charge in [0.2, 0.25) is 0 Å². The molecule has 2 atom stereocenters. The summed E-state index contributed by atoms with van der Waals surface area (Å²) in [7, 11) is 0. The quantitative estimate of drug-likeness (QED) is 0.919. The summed E-state index contributed by atoms with van der Waals surface area (Å²) < 4.78 is 5.78. The number of nitrogens with zero attached hydrogens (tertiary/aromatic N) is 1. The Bertz CT molecular complexity index is 708. The van der Waals surface area contributed by atoms with Crippen LogP contribution in [0.25, 0.3) is 11.0 Å². The molecule has 2 heterocycles. The van der Waals surface area contributed by atoms with Gasteiger partial charge in [0.1, 0.15) is 5.58 Å². The first-order chi connectivity index (χ1) is 10.5. The molecule has 1 aliphatic rings. The van der Waals surface area contributed by atoms with Crippen molar-refractivity contribution in [1.82, 2.24) is 4.90 Å². The number of fused-ring (bicyclic) bond motifs is 1. The summed E-state index contributed by atoms with van der Waals surface area (Å²) in [5, 5.41) is 1.54. The summed E-state index contributed by atoms with van der Waals surface area (Å²) in [4.78, 5) is 14.7. The van der Waals surface area contributed by atoms with E-state index in [2.05, 4.69) is 0 Å². The number of likely N-dealkylation sites (tertiary alicyclic amines) is 1. The van der Waals surface area contributed by atoms with E-state index < -0.39 is 0 Å². The number of aryl methyl sites for hydroxylation is 1. The summed E-state index contributed by atoms with van der Waals surface area (Å²) in [6.07, 6.45) is 2.07. The van der Waals surface area contributed by atoms with Crippen LogP contribution in [0.1, 0.15) is 35.9 Å². The number of furan rings is 1. The van der Waals surface area contributed by atoms with Crippen molar-refractivity contribution in [3.05, 3.63) is 34.5 Å². The summed E-state index contributed by atoms with van der Waals surface area (Å²) in [6.45, 7) is 5.38. The maximum Gasteiger partial charge on any atom is 0.289 e. The fourth-order valence-electron chi connectivity index (χ4n) is 3.16. The first-order valence-electron chi connectivity index (χ1n) is 7.71. The third-order valence-electron chi connectivity index (χ3n) is 4.58. The van der Waals surface area contributed by atoms with Gasteiger partial charge in [-0.05, 0) is 50.8 Å². The van der Waals surface area contributed by atoms with Crippen LogP contribution in [-0.2, 0) is 0 Å². The van der Waals surface area contributed by atoms with Crippen LogP contribution in [0.5, 0.6) is 0 Å². The molecular formula is C17H21ClN2O2. The number of nitrogens with two attached hydrogens (primary N) is 1. The lowest BCUT2D eigenvalue weighted by atomic mass is 9.92. The summed E-state index contributed by atoms with van der Waals surface area (Å²) in [5.74, 6) is 0.731. The van der Waals surface area contributed by atoms with Gasteiger partial charge in [-0.3, -0.25) is 4.79 Å². The van der Waals surface area contributed by atoms with Crippen LogP contribution in [0, 0.1) is 12.8 Å². The van der Waals surface area contributed by atoms with Crippen molar-refractivity contribution in [2.24, 2.45) is 11.7 Å². The molecule has 0 unspecified atom stereocenters. The van der Waals surface area contributed by atoms with Gasteiger partial charge in [0.05, 0.1) is 0 Å². The molecule has 1 aliphatic heterocycles. The zero-order chi connectivity index (χ0) is 15.9. The molecule has 1 aromatic heterocycles. The second kappa shape index (κ2) is 5.94. The van der Waals surface area contributed by atoms with Crippen LogP contribution in [0.15, 0.2) is 22.6 Å². The van der Waals surface area contributed by atoms with Crippen LogP contribution < -0.4 is 5.73 Å². The van der Waals surface area contributed by atoms with Crippen LogP contribution >= 0.6 is 11.6 Å². The molecule has 5 heteroatoms. The maximum absolute atomic E-state index is 12.8. The number of amides is 1. The van der Waals surface area contributed by atoms with Gasteiger partial charge in [-0.15, -0.1) is 0 Å². The van der Waals surface area contributed by atoms with Crippen molar-refractivity contribution in [3.63, 3.8) is 0 Å². The number of hydrogen-bond donors (Lipinski definition) is 1. The largest absolute Gasteiger partial charge is 0.451 e. The molecule has 1 fully saturated rings. The molecule has 0 aliphatic carbocycles. The Morgan fingerprint density at radius 3 is 3.00 bits per heavy atom. The van der Waals surface area contributed by atoms with E-state index in [4.69, 9.17) is 21.8 Å². The monoisotopic (exact) mass is 320 g/mol. The average molecular weight is 321 g/mol. The van der Waals surface area contributed by atoms with E-state index in [0.717, 1.165) is 30.3 Å². The van der Waals surface area contributed by atoms with Crippen molar-refractivity contribution in [2.45, 2.75) is 32.7 Å². The molecule has 0 radical (unpaired) electrons. The van der Waals surface area contributed by atoms with Gasteiger partial charge < -0.3 is 15.1 Å². The molecule has 4 nitrogen and oxygen atoms in total. The van der Waals surface area contributed by atoms with Crippen molar-refractivity contribution in [3.8, 4) is 0 Å². The van der Waals surface area contributed by atoms with E-state index in [-0.39, 0.29) is 11.9 Å². The lowest BCUT2D eigenvalue weighted by Gasteiger charge is -2.34. The van der Waals surface area contributed by atoms with Crippen molar-refractivity contribution in [2.75, 3.05) is 13.1 Å². The Morgan fingerprint density at radius 1 is 1.50 bits per heavy atom. The van der Waals surface area contributed by atoms with Crippen LogP contribution in [-0.4, -0.2) is 29.9 Å². The summed E-state index contributed by atoms with van der Waals surface area (Å²) in [5.41, 5.74) is 7.55. The number of carbonyl (C=O) groups excluding carboxylic acids is 1. The fourth-order valence-corrected chi connectivity index (χ4v) is 3.34. The Morgan fingerprint density at radius 2 is 2.27 bits per heavy atom. The lowest BCUT2D eigenvalue weighted by Crippen LogP contribution is -2.45. The third kappa shape index (κ3) is 2.73. The molecule has 0 spiro atoms. The molecule has 1 saturated heterocycles. The minimum absolute atomic E-state index is 0.0461. The maximum atomic E-state index is 12.8. The number of carbonyl (C=O) groups is 1. The van der Waals surface area contributed by atoms with Crippen molar-refractivity contribution in [1.29, 1.82) is 0 Å². The van der Waals surface area contributed by atoms with Gasteiger partial charge >= 0.3 is 0 Å². The van der Waals surface area contributed by atoms with Gasteiger partial charge in [-0.25, -0.2) is 0 Å². The Labute approximate surface area is 135 Å². The van der Waals surface area contributed by atoms with E-state index in [1.165, 1.54) is 0 Å². The molecule has 3 rings (SSSR count). The predicted octanol–water partition coefficient (Wildman–Crippen LogP) is 3.59. The number of piperidine rings is 1. The van der Waals surface area contributed by atoms with E-state index in [0.29, 0.717) is 28.8 Å². The number of hydrogen-bond acceptors (Lipinski definition) is 3. The van der Waals surface area contributed by atoms with E-state index in [9.17, 15) is 4.79 Å². The van der Waals surface area contributed by atoms with Gasteiger partial charge in [-0.1, -0.05) is 11.6 Å². The topological polar surface area (TPSA) is 59.5 Å². The van der Waals surface area contributed by atoms with E-state index >= 15 is 0 Å². The first-order valence-corrected chi connectivity index (χ1v) is 8.08. The highest BCUT2D eigenvalue weighted by atomic mass is 35.5. The summed E-state index contributed by atoms with van der Waals surface area (Å²) in [6, 6.07) is 5.52. The number of benzene rings is 1. The number of rotatable bonds is 2. The SMILES string of the molecule is Cc1c(C(=O)N2CCC[C@@H]([C@@H](C)N)C2)oc2ccc(Cl)cc12. The Hall–Kier alpha value is -1.52. The summed E-state index contributed by atoms with van der Waals surface area (Å²) >= 11 is 6.03. The number of halogens is 1. The van der Waals surface area contributed by atoms with Gasteiger partial charge in [-0.2, -0.15) is 0 Å². The average Bonchev–Trinajstić information content (AvgIpc) is 2.83. The fraction of sp³-hybridized carbons (Fsp3) is 0.471. The molecule has 22 heavy (non-hydrogen) atoms. The highest BCUT2D eigenvalue weighted by Gasteiger charge is 2.29. The standard InChI is InChI=1S/C17H21ClN2O2/c1-10-14-8-13(18)5-6-15(14)22-16(10)17(21)20-7-3-4-12(9-20)11(2)19/h5-6,8,11-12H,3-4,7,9,19H2,1-2H3/t11-,12-/m1/s1. The van der Waals surface area contributed by atoms with Crippen LogP contribution in [0.3, 0.4) is 0 Å². The molecule has 118 valence electrons. The molecule has 1 amide bonds. The van der Waals surface area contributed by atoms with Gasteiger partial charge in [0.25, 0.3) is 5.91 Å². The van der Waals surface area contributed by atoms with E-state index in [1.54, 1.807) is 6.07 Å². The first kappa shape index (κ1) is 15.4. The molecule has 1 aromatic carbocycles. The van der Waals surface area contributed by atoms with Gasteiger partial charge in [0, 0.05) is 35.1 Å². The zero-order valence-electron chi connectivity index (χ0n) is 12.9. The highest BCUT2D eigenvalue weighted by Crippen LogP contribution is 2.30. The minimum atomic E-state index is -0.0461. The van der Waals surface area contributed by atoms with Crippen molar-refractivity contribution < 1.29 is 9.21 Å². The predicted molar refractivity (Wildman–Crippen MR) is 88.2 cm³/mol. The van der Waals surface area contributed by atoms with Crippen LogP contribution in [0.4, 0.5) is 0 Å². The molecule has 0 saturated carbocycles. The second-order valence-corrected chi connectivity index (χ2v) is 6.65.